The Hall–Kier alpha value is -8.52. The first-order chi connectivity index (χ1) is 37.7. The van der Waals surface area contributed by atoms with Crippen molar-refractivity contribution in [2.75, 3.05) is 4.90 Å². The van der Waals surface area contributed by atoms with Gasteiger partial charge in [-0.3, -0.25) is 0 Å². The van der Waals surface area contributed by atoms with Gasteiger partial charge in [0, 0.05) is 22.5 Å². The summed E-state index contributed by atoms with van der Waals surface area (Å²) in [6.07, 6.45) is 0. The molecule has 11 aromatic carbocycles. The van der Waals surface area contributed by atoms with Crippen LogP contribution in [0.1, 0.15) is 122 Å². The molecule has 11 aromatic rings. The van der Waals surface area contributed by atoms with Gasteiger partial charge in [0.05, 0.1) is 10.8 Å². The number of hydrogen-bond donors (Lipinski definition) is 0. The third-order valence-corrected chi connectivity index (χ3v) is 18.2. The highest BCUT2D eigenvalue weighted by Gasteiger charge is 2.49. The summed E-state index contributed by atoms with van der Waals surface area (Å²) >= 11 is 0. The highest BCUT2D eigenvalue weighted by Crippen LogP contribution is 2.61. The average molecular weight is 1000 g/mol. The van der Waals surface area contributed by atoms with Crippen LogP contribution in [-0.2, 0) is 27.1 Å². The van der Waals surface area contributed by atoms with Crippen molar-refractivity contribution in [3.63, 3.8) is 0 Å². The SMILES string of the molecule is CC(C)(C)c1ccc(C2(c3ccccc3)c3ccccc3-c3ccc(N(c4ccc5c(c4)C(C)(C)c4ccc6ccccc6c4-5)c4ccc5c(c4)C(c4ccccc4)(c4ccc(C(C)(C)C)cc4)c4ccccc4-5)cc32)cc1. The van der Waals surface area contributed by atoms with Crippen molar-refractivity contribution in [2.24, 2.45) is 0 Å². The molecule has 0 bridgehead atoms. The summed E-state index contributed by atoms with van der Waals surface area (Å²) in [7, 11) is 0. The Kier molecular flexibility index (Phi) is 10.6. The normalized spacial score (nSPS) is 17.4. The predicted molar refractivity (Wildman–Crippen MR) is 328 cm³/mol. The minimum atomic E-state index is -0.588. The van der Waals surface area contributed by atoms with Crippen LogP contribution in [0.4, 0.5) is 17.1 Å². The second-order valence-electron chi connectivity index (χ2n) is 24.8. The Labute approximate surface area is 461 Å². The quantitative estimate of drug-likeness (QED) is 0.154. The van der Waals surface area contributed by atoms with Crippen LogP contribution in [0.25, 0.3) is 44.2 Å². The van der Waals surface area contributed by atoms with E-state index in [1.807, 2.05) is 0 Å². The second kappa shape index (κ2) is 17.2. The zero-order valence-electron chi connectivity index (χ0n) is 46.1. The fourth-order valence-corrected chi connectivity index (χ4v) is 14.3. The van der Waals surface area contributed by atoms with Crippen molar-refractivity contribution in [3.8, 4) is 33.4 Å². The summed E-state index contributed by atoms with van der Waals surface area (Å²) in [6.45, 7) is 18.7. The molecule has 1 nitrogen and oxygen atoms in total. The molecule has 2 unspecified atom stereocenters. The summed E-state index contributed by atoms with van der Waals surface area (Å²) < 4.78 is 0. The summed E-state index contributed by atoms with van der Waals surface area (Å²) in [4.78, 5) is 2.57. The van der Waals surface area contributed by atoms with Gasteiger partial charge >= 0.3 is 0 Å². The van der Waals surface area contributed by atoms with Gasteiger partial charge in [0.25, 0.3) is 0 Å². The molecule has 3 aliphatic carbocycles. The van der Waals surface area contributed by atoms with Crippen LogP contribution in [-0.4, -0.2) is 0 Å². The molecular formula is C77H65N. The van der Waals surface area contributed by atoms with Crippen LogP contribution < -0.4 is 4.90 Å². The van der Waals surface area contributed by atoms with Crippen LogP contribution in [0.15, 0.2) is 249 Å². The molecule has 0 aliphatic heterocycles. The summed E-state index contributed by atoms with van der Waals surface area (Å²) in [6, 6.07) is 95.4. The Morgan fingerprint density at radius 3 is 1.15 bits per heavy atom. The predicted octanol–water partition coefficient (Wildman–Crippen LogP) is 19.9. The highest BCUT2D eigenvalue weighted by molar-refractivity contribution is 6.03. The van der Waals surface area contributed by atoms with E-state index in [1.165, 1.54) is 111 Å². The van der Waals surface area contributed by atoms with Crippen molar-refractivity contribution in [1.29, 1.82) is 0 Å². The zero-order chi connectivity index (χ0) is 53.3. The lowest BCUT2D eigenvalue weighted by molar-refractivity contribution is 0.589. The minimum Gasteiger partial charge on any atom is -0.310 e. The van der Waals surface area contributed by atoms with Gasteiger partial charge in [-0.05, 0) is 158 Å². The van der Waals surface area contributed by atoms with Crippen molar-refractivity contribution >= 4 is 27.8 Å². The van der Waals surface area contributed by atoms with E-state index >= 15 is 0 Å². The molecule has 0 N–H and O–H groups in total. The fourth-order valence-electron chi connectivity index (χ4n) is 14.3. The van der Waals surface area contributed by atoms with E-state index in [0.29, 0.717) is 0 Å². The first-order valence-electron chi connectivity index (χ1n) is 28.0. The van der Waals surface area contributed by atoms with Crippen LogP contribution in [0.3, 0.4) is 0 Å². The molecule has 0 aromatic heterocycles. The lowest BCUT2D eigenvalue weighted by Gasteiger charge is -2.36. The molecule has 0 amide bonds. The maximum Gasteiger partial charge on any atom is 0.0714 e. The Morgan fingerprint density at radius 1 is 0.295 bits per heavy atom. The summed E-state index contributed by atoms with van der Waals surface area (Å²) in [5.41, 5.74) is 25.3. The molecule has 0 fully saturated rings. The van der Waals surface area contributed by atoms with E-state index in [1.54, 1.807) is 0 Å². The average Bonchev–Trinajstić information content (AvgIpc) is 4.22. The van der Waals surface area contributed by atoms with E-state index < -0.39 is 10.8 Å². The van der Waals surface area contributed by atoms with Crippen molar-refractivity contribution in [3.05, 3.63) is 315 Å². The number of benzene rings is 11. The third-order valence-electron chi connectivity index (χ3n) is 18.2. The lowest BCUT2D eigenvalue weighted by atomic mass is 9.67. The van der Waals surface area contributed by atoms with Gasteiger partial charge in [0.2, 0.25) is 0 Å². The zero-order valence-corrected chi connectivity index (χ0v) is 46.1. The Morgan fingerprint density at radius 2 is 0.679 bits per heavy atom. The lowest BCUT2D eigenvalue weighted by Crippen LogP contribution is -2.29. The molecule has 0 radical (unpaired) electrons. The molecular weight excluding hydrogens is 939 g/mol. The number of nitrogens with zero attached hydrogens (tertiary/aromatic N) is 1. The second-order valence-corrected chi connectivity index (χ2v) is 24.8. The van der Waals surface area contributed by atoms with Crippen LogP contribution in [0, 0.1) is 0 Å². The van der Waals surface area contributed by atoms with Crippen molar-refractivity contribution in [2.45, 2.75) is 82.5 Å². The monoisotopic (exact) mass is 1000 g/mol. The maximum atomic E-state index is 2.57. The molecule has 0 saturated heterocycles. The number of hydrogen-bond acceptors (Lipinski definition) is 1. The topological polar surface area (TPSA) is 3.24 Å². The van der Waals surface area contributed by atoms with E-state index in [-0.39, 0.29) is 16.2 Å². The highest BCUT2D eigenvalue weighted by atomic mass is 15.1. The smallest absolute Gasteiger partial charge is 0.0714 e. The first kappa shape index (κ1) is 47.9. The Bertz CT molecular complexity index is 3970. The largest absolute Gasteiger partial charge is 0.310 e. The Balaban J connectivity index is 1.05. The van der Waals surface area contributed by atoms with Crippen molar-refractivity contribution < 1.29 is 0 Å². The van der Waals surface area contributed by atoms with Crippen molar-refractivity contribution in [1.82, 2.24) is 0 Å². The minimum absolute atomic E-state index is 0.0156. The van der Waals surface area contributed by atoms with Crippen LogP contribution in [0.5, 0.6) is 0 Å². The van der Waals surface area contributed by atoms with Gasteiger partial charge in [0.1, 0.15) is 0 Å². The van der Waals surface area contributed by atoms with Gasteiger partial charge in [-0.1, -0.05) is 268 Å². The van der Waals surface area contributed by atoms with E-state index in [2.05, 4.69) is 309 Å². The van der Waals surface area contributed by atoms with Crippen LogP contribution in [0.2, 0.25) is 0 Å². The standard InChI is InChI=1S/C77H65N/c1-73(2,3)51-32-36-55(37-33-51)76(53-22-11-9-12-23-53)66-29-19-17-27-61(66)63-43-40-58(48-70(63)76)78(57-42-45-65-69(47-57)75(7,8)68-46-31-50-21-15-16-26-60(50)72(65)68)59-41-44-64-62-28-18-20-30-67(62)77(71(64)49-59,54-24-13-10-14-25-54)56-38-34-52(35-39-56)74(4,5)6/h9-49H,1-8H3. The molecule has 378 valence electrons. The number of rotatable bonds is 7. The molecule has 0 heterocycles. The van der Waals surface area contributed by atoms with Gasteiger partial charge < -0.3 is 4.90 Å². The molecule has 1 heteroatoms. The van der Waals surface area contributed by atoms with E-state index in [9.17, 15) is 0 Å². The van der Waals surface area contributed by atoms with Crippen LogP contribution >= 0.6 is 0 Å². The number of fused-ring (bicyclic) bond motifs is 11. The number of anilines is 3. The third kappa shape index (κ3) is 6.86. The van der Waals surface area contributed by atoms with Gasteiger partial charge in [-0.2, -0.15) is 0 Å². The fraction of sp³-hybridized carbons (Fsp3) is 0.169. The van der Waals surface area contributed by atoms with Gasteiger partial charge in [-0.15, -0.1) is 0 Å². The summed E-state index contributed by atoms with van der Waals surface area (Å²) in [5.74, 6) is 0. The van der Waals surface area contributed by atoms with E-state index in [4.69, 9.17) is 0 Å². The molecule has 3 aliphatic rings. The molecule has 14 rings (SSSR count). The van der Waals surface area contributed by atoms with Gasteiger partial charge in [-0.25, -0.2) is 0 Å². The molecule has 2 atom stereocenters. The first-order valence-corrected chi connectivity index (χ1v) is 28.0. The molecule has 0 saturated carbocycles. The summed E-state index contributed by atoms with van der Waals surface area (Å²) in [5, 5.41) is 2.58. The molecule has 78 heavy (non-hydrogen) atoms. The van der Waals surface area contributed by atoms with E-state index in [0.717, 1.165) is 17.1 Å². The van der Waals surface area contributed by atoms with Gasteiger partial charge in [0.15, 0.2) is 0 Å². The maximum absolute atomic E-state index is 2.57. The molecule has 0 spiro atoms.